The van der Waals surface area contributed by atoms with Gasteiger partial charge < -0.3 is 4.90 Å². The van der Waals surface area contributed by atoms with Crippen molar-refractivity contribution in [2.75, 3.05) is 26.4 Å². The summed E-state index contributed by atoms with van der Waals surface area (Å²) >= 11 is 1.13. The number of nitrogens with zero attached hydrogens (tertiary/aromatic N) is 5. The average Bonchev–Trinajstić information content (AvgIpc) is 2.70. The Labute approximate surface area is 97.2 Å². The van der Waals surface area contributed by atoms with Crippen molar-refractivity contribution >= 4 is 23.8 Å². The molecule has 1 aromatic heterocycles. The van der Waals surface area contributed by atoms with Crippen LogP contribution in [0.5, 0.6) is 0 Å². The second-order valence-corrected chi connectivity index (χ2v) is 4.24. The van der Waals surface area contributed by atoms with Crippen LogP contribution in [0.4, 0.5) is 0 Å². The fourth-order valence-corrected chi connectivity index (χ4v) is 1.58. The molecule has 0 N–H and O–H groups in total. The van der Waals surface area contributed by atoms with Crippen molar-refractivity contribution in [2.24, 2.45) is 0 Å². The molecule has 0 fully saturated rings. The van der Waals surface area contributed by atoms with Gasteiger partial charge in [0.2, 0.25) is 10.9 Å². The van der Waals surface area contributed by atoms with E-state index in [1.165, 1.54) is 6.29 Å². The summed E-state index contributed by atoms with van der Waals surface area (Å²) in [5.74, 6) is -0.571. The second-order valence-electron chi connectivity index (χ2n) is 3.30. The lowest BCUT2D eigenvalue weighted by Gasteiger charge is -2.09. The highest BCUT2D eigenvalue weighted by molar-refractivity contribution is 7.99. The molecule has 7 nitrogen and oxygen atoms in total. The number of hydrogen-bond donors (Lipinski definition) is 0. The van der Waals surface area contributed by atoms with E-state index in [1.807, 2.05) is 19.0 Å². The van der Waals surface area contributed by atoms with Gasteiger partial charge >= 0.3 is 0 Å². The summed E-state index contributed by atoms with van der Waals surface area (Å²) in [7, 11) is 3.89. The Morgan fingerprint density at radius 3 is 2.94 bits per heavy atom. The molecule has 8 heteroatoms. The van der Waals surface area contributed by atoms with Gasteiger partial charge in [-0.15, -0.1) is 5.10 Å². The first-order valence-electron chi connectivity index (χ1n) is 4.58. The van der Waals surface area contributed by atoms with Crippen LogP contribution < -0.4 is 0 Å². The van der Waals surface area contributed by atoms with Crippen molar-refractivity contribution in [1.29, 1.82) is 0 Å². The topological polar surface area (TPSA) is 81.0 Å². The van der Waals surface area contributed by atoms with Gasteiger partial charge in [-0.1, -0.05) is 11.8 Å². The number of rotatable bonds is 7. The lowest BCUT2D eigenvalue weighted by atomic mass is 10.5. The molecule has 1 rings (SSSR count). The van der Waals surface area contributed by atoms with E-state index in [1.54, 1.807) is 4.68 Å². The van der Waals surface area contributed by atoms with Crippen LogP contribution in [-0.4, -0.2) is 63.6 Å². The second kappa shape index (κ2) is 6.33. The van der Waals surface area contributed by atoms with Crippen LogP contribution in [0.1, 0.15) is 0 Å². The number of tetrazole rings is 1. The van der Waals surface area contributed by atoms with Crippen molar-refractivity contribution in [3.8, 4) is 0 Å². The molecule has 0 unspecified atom stereocenters. The predicted octanol–water partition coefficient (Wildman–Crippen LogP) is -0.994. The summed E-state index contributed by atoms with van der Waals surface area (Å²) in [6, 6.07) is 0. The van der Waals surface area contributed by atoms with Gasteiger partial charge in [-0.05, 0) is 24.5 Å². The zero-order valence-corrected chi connectivity index (χ0v) is 9.90. The van der Waals surface area contributed by atoms with E-state index in [2.05, 4.69) is 15.5 Å². The molecule has 1 heterocycles. The van der Waals surface area contributed by atoms with E-state index in [-0.39, 0.29) is 5.75 Å². The maximum Gasteiger partial charge on any atom is 0.273 e. The number of ketones is 1. The first kappa shape index (κ1) is 12.8. The first-order chi connectivity index (χ1) is 7.63. The van der Waals surface area contributed by atoms with Crippen molar-refractivity contribution in [3.63, 3.8) is 0 Å². The summed E-state index contributed by atoms with van der Waals surface area (Å²) in [4.78, 5) is 22.8. The molecule has 0 aliphatic rings. The number of aromatic nitrogens is 4. The van der Waals surface area contributed by atoms with Gasteiger partial charge in [-0.25, -0.2) is 4.68 Å². The molecule has 0 amide bonds. The first-order valence-corrected chi connectivity index (χ1v) is 5.56. The molecule has 0 aliphatic carbocycles. The minimum atomic E-state index is -0.591. The molecule has 1 radical (unpaired) electrons. The highest BCUT2D eigenvalue weighted by Crippen LogP contribution is 2.12. The van der Waals surface area contributed by atoms with E-state index in [4.69, 9.17) is 0 Å². The Balaban J connectivity index is 2.50. The molecular weight excluding hydrogens is 230 g/mol. The van der Waals surface area contributed by atoms with Crippen LogP contribution >= 0.6 is 11.8 Å². The van der Waals surface area contributed by atoms with Crippen LogP contribution in [0.15, 0.2) is 5.16 Å². The number of hydrogen-bond acceptors (Lipinski definition) is 7. The highest BCUT2D eigenvalue weighted by Gasteiger charge is 2.09. The third-order valence-electron chi connectivity index (χ3n) is 1.70. The number of carbonyl (C=O) groups excluding carboxylic acids is 2. The molecule has 87 valence electrons. The van der Waals surface area contributed by atoms with Gasteiger partial charge in [0.25, 0.3) is 6.29 Å². The van der Waals surface area contributed by atoms with E-state index < -0.39 is 5.78 Å². The third kappa shape index (κ3) is 4.07. The normalized spacial score (nSPS) is 10.7. The van der Waals surface area contributed by atoms with Gasteiger partial charge in [0, 0.05) is 6.54 Å². The monoisotopic (exact) mass is 242 g/mol. The molecule has 16 heavy (non-hydrogen) atoms. The Hall–Kier alpha value is -1.28. The van der Waals surface area contributed by atoms with Crippen LogP contribution in [0.3, 0.4) is 0 Å². The fraction of sp³-hybridized carbons (Fsp3) is 0.625. The summed E-state index contributed by atoms with van der Waals surface area (Å²) in [6.45, 7) is 1.44. The summed E-state index contributed by atoms with van der Waals surface area (Å²) in [5, 5.41) is 11.6. The lowest BCUT2D eigenvalue weighted by Crippen LogP contribution is -2.19. The quantitative estimate of drug-likeness (QED) is 0.448. The van der Waals surface area contributed by atoms with Crippen molar-refractivity contribution in [2.45, 2.75) is 11.7 Å². The van der Waals surface area contributed by atoms with E-state index >= 15 is 0 Å². The number of carbonyl (C=O) groups is 1. The third-order valence-corrected chi connectivity index (χ3v) is 2.66. The molecule has 1 aromatic rings. The summed E-state index contributed by atoms with van der Waals surface area (Å²) in [6.07, 6.45) is 1.30. The molecule has 0 bridgehead atoms. The Morgan fingerprint density at radius 2 is 2.31 bits per heavy atom. The van der Waals surface area contributed by atoms with Gasteiger partial charge in [-0.2, -0.15) is 0 Å². The minimum Gasteiger partial charge on any atom is -0.308 e. The molecule has 0 saturated heterocycles. The van der Waals surface area contributed by atoms with Crippen LogP contribution in [0, 0.1) is 0 Å². The predicted molar refractivity (Wildman–Crippen MR) is 57.8 cm³/mol. The standard InChI is InChI=1S/C8H12N5O2S/c1-12(2)3-4-13-8(9-10-11-13)16-6-7(15)5-14/h3-4,6H2,1-2H3. The molecular formula is C8H12N5O2S. The molecule has 0 aliphatic heterocycles. The summed E-state index contributed by atoms with van der Waals surface area (Å²) in [5.41, 5.74) is 0. The maximum atomic E-state index is 10.8. The minimum absolute atomic E-state index is 0.0197. The Kier molecular flexibility index (Phi) is 5.06. The average molecular weight is 242 g/mol. The zero-order valence-electron chi connectivity index (χ0n) is 9.08. The van der Waals surface area contributed by atoms with Crippen molar-refractivity contribution < 1.29 is 9.59 Å². The van der Waals surface area contributed by atoms with Crippen molar-refractivity contribution in [1.82, 2.24) is 25.1 Å². The van der Waals surface area contributed by atoms with E-state index in [0.717, 1.165) is 18.3 Å². The van der Waals surface area contributed by atoms with E-state index in [0.29, 0.717) is 11.7 Å². The molecule has 0 saturated carbocycles. The zero-order chi connectivity index (χ0) is 12.0. The van der Waals surface area contributed by atoms with Gasteiger partial charge in [0.15, 0.2) is 0 Å². The van der Waals surface area contributed by atoms with Crippen molar-refractivity contribution in [3.05, 3.63) is 0 Å². The Bertz CT molecular complexity index is 365. The van der Waals surface area contributed by atoms with Gasteiger partial charge in [-0.3, -0.25) is 9.59 Å². The van der Waals surface area contributed by atoms with Gasteiger partial charge in [0.05, 0.1) is 12.3 Å². The van der Waals surface area contributed by atoms with Crippen LogP contribution in [0.2, 0.25) is 0 Å². The molecule has 0 atom stereocenters. The Morgan fingerprint density at radius 1 is 1.56 bits per heavy atom. The summed E-state index contributed by atoms with van der Waals surface area (Å²) < 4.78 is 1.60. The van der Waals surface area contributed by atoms with Gasteiger partial charge in [0.1, 0.15) is 0 Å². The molecule has 0 aromatic carbocycles. The fourth-order valence-electron chi connectivity index (χ4n) is 0.894. The van der Waals surface area contributed by atoms with Crippen LogP contribution in [-0.2, 0) is 16.1 Å². The number of thioether (sulfide) groups is 1. The largest absolute Gasteiger partial charge is 0.308 e. The maximum absolute atomic E-state index is 10.8. The smallest absolute Gasteiger partial charge is 0.273 e. The number of Topliss-reactive ketones (excluding diaryl/α,β-unsaturated/α-hetero) is 1. The number of likely N-dealkylation sites (N-methyl/N-ethyl adjacent to an activating group) is 1. The SMILES string of the molecule is CN(C)CCn1nnnc1SCC(=O)[C]=O. The highest BCUT2D eigenvalue weighted by atomic mass is 32.2. The van der Waals surface area contributed by atoms with E-state index in [9.17, 15) is 9.59 Å². The molecule has 0 spiro atoms. The van der Waals surface area contributed by atoms with Crippen LogP contribution in [0.25, 0.3) is 0 Å². The lowest BCUT2D eigenvalue weighted by molar-refractivity contribution is -0.110.